The summed E-state index contributed by atoms with van der Waals surface area (Å²) in [5.74, 6) is 2.15. The van der Waals surface area contributed by atoms with Crippen LogP contribution < -0.4 is 20.1 Å². The molecule has 0 unspecified atom stereocenters. The second kappa shape index (κ2) is 6.94. The molecule has 21 heavy (non-hydrogen) atoms. The molecule has 0 aliphatic heterocycles. The number of ether oxygens (including phenoxy) is 2. The Hall–Kier alpha value is -2.28. The van der Waals surface area contributed by atoms with Crippen molar-refractivity contribution >= 4 is 23.5 Å². The summed E-state index contributed by atoms with van der Waals surface area (Å²) < 4.78 is 10.5. The van der Waals surface area contributed by atoms with E-state index in [-0.39, 0.29) is 5.28 Å². The second-order valence-corrected chi connectivity index (χ2v) is 4.38. The maximum absolute atomic E-state index is 5.82. The van der Waals surface area contributed by atoms with E-state index in [2.05, 4.69) is 25.6 Å². The van der Waals surface area contributed by atoms with Gasteiger partial charge >= 0.3 is 0 Å². The number of methoxy groups -OCH3 is 2. The summed E-state index contributed by atoms with van der Waals surface area (Å²) >= 11 is 5.82. The Bertz CT molecular complexity index is 624. The summed E-state index contributed by atoms with van der Waals surface area (Å²) in [5, 5.41) is 6.03. The number of nitrogens with zero attached hydrogens (tertiary/aromatic N) is 3. The zero-order valence-corrected chi connectivity index (χ0v) is 12.7. The molecule has 8 heteroatoms. The molecule has 0 bridgehead atoms. The van der Waals surface area contributed by atoms with Gasteiger partial charge < -0.3 is 20.1 Å². The third-order valence-electron chi connectivity index (χ3n) is 2.73. The van der Waals surface area contributed by atoms with Crippen LogP contribution in [-0.4, -0.2) is 36.2 Å². The minimum Gasteiger partial charge on any atom is -0.493 e. The average molecular weight is 310 g/mol. The lowest BCUT2D eigenvalue weighted by Crippen LogP contribution is -2.07. The fourth-order valence-electron chi connectivity index (χ4n) is 1.71. The number of rotatable bonds is 6. The van der Waals surface area contributed by atoms with E-state index in [0.717, 1.165) is 5.56 Å². The Morgan fingerprint density at radius 3 is 2.43 bits per heavy atom. The van der Waals surface area contributed by atoms with Gasteiger partial charge in [0.1, 0.15) is 0 Å². The van der Waals surface area contributed by atoms with Crippen molar-refractivity contribution in [3.05, 3.63) is 29.0 Å². The minimum atomic E-state index is 0.129. The second-order valence-electron chi connectivity index (χ2n) is 4.04. The standard InChI is InChI=1S/C13H16ClN5O2/c1-15-12-17-11(14)18-13(19-12)16-7-8-4-5-9(20-2)10(6-8)21-3/h4-6H,7H2,1-3H3,(H2,15,16,17,18,19). The maximum Gasteiger partial charge on any atom is 0.229 e. The summed E-state index contributed by atoms with van der Waals surface area (Å²) in [7, 11) is 4.91. The molecule has 1 aromatic carbocycles. The van der Waals surface area contributed by atoms with Crippen molar-refractivity contribution in [3.8, 4) is 11.5 Å². The first-order valence-corrected chi connectivity index (χ1v) is 6.58. The zero-order valence-electron chi connectivity index (χ0n) is 12.0. The molecule has 0 aliphatic rings. The Morgan fingerprint density at radius 1 is 1.05 bits per heavy atom. The predicted molar refractivity (Wildman–Crippen MR) is 81.3 cm³/mol. The summed E-state index contributed by atoms with van der Waals surface area (Å²) in [6.45, 7) is 0.518. The number of hydrogen-bond acceptors (Lipinski definition) is 7. The number of hydrogen-bond donors (Lipinski definition) is 2. The first kappa shape index (κ1) is 15.1. The molecule has 2 N–H and O–H groups in total. The van der Waals surface area contributed by atoms with E-state index in [1.807, 2.05) is 18.2 Å². The van der Waals surface area contributed by atoms with Gasteiger partial charge in [-0.25, -0.2) is 0 Å². The van der Waals surface area contributed by atoms with E-state index in [4.69, 9.17) is 21.1 Å². The molecule has 0 saturated carbocycles. The average Bonchev–Trinajstić information content (AvgIpc) is 2.52. The molecule has 2 aromatic rings. The Balaban J connectivity index is 2.11. The number of anilines is 2. The van der Waals surface area contributed by atoms with Crippen LogP contribution in [0.1, 0.15) is 5.56 Å². The van der Waals surface area contributed by atoms with Crippen LogP contribution in [0, 0.1) is 0 Å². The monoisotopic (exact) mass is 309 g/mol. The maximum atomic E-state index is 5.82. The van der Waals surface area contributed by atoms with E-state index in [0.29, 0.717) is 29.9 Å². The Kier molecular flexibility index (Phi) is 4.99. The molecule has 1 aromatic heterocycles. The zero-order chi connectivity index (χ0) is 15.2. The number of aromatic nitrogens is 3. The molecule has 0 atom stereocenters. The number of halogens is 1. The highest BCUT2D eigenvalue weighted by molar-refractivity contribution is 6.28. The van der Waals surface area contributed by atoms with Crippen molar-refractivity contribution in [2.24, 2.45) is 0 Å². The van der Waals surface area contributed by atoms with E-state index < -0.39 is 0 Å². The van der Waals surface area contributed by atoms with Crippen molar-refractivity contribution in [3.63, 3.8) is 0 Å². The minimum absolute atomic E-state index is 0.129. The van der Waals surface area contributed by atoms with Gasteiger partial charge in [0.05, 0.1) is 14.2 Å². The van der Waals surface area contributed by atoms with Crippen LogP contribution in [-0.2, 0) is 6.54 Å². The number of benzene rings is 1. The molecule has 0 radical (unpaired) electrons. The van der Waals surface area contributed by atoms with Crippen LogP contribution >= 0.6 is 11.6 Å². The summed E-state index contributed by atoms with van der Waals surface area (Å²) in [6, 6.07) is 5.65. The molecule has 112 valence electrons. The topological polar surface area (TPSA) is 81.2 Å². The molecule has 1 heterocycles. The van der Waals surface area contributed by atoms with E-state index >= 15 is 0 Å². The summed E-state index contributed by atoms with van der Waals surface area (Å²) in [6.07, 6.45) is 0. The van der Waals surface area contributed by atoms with Crippen molar-refractivity contribution < 1.29 is 9.47 Å². The Morgan fingerprint density at radius 2 is 1.76 bits per heavy atom. The highest BCUT2D eigenvalue weighted by atomic mass is 35.5. The van der Waals surface area contributed by atoms with Gasteiger partial charge in [0.2, 0.25) is 17.2 Å². The van der Waals surface area contributed by atoms with E-state index in [1.54, 1.807) is 21.3 Å². The molecule has 0 aliphatic carbocycles. The van der Waals surface area contributed by atoms with Gasteiger partial charge in [-0.15, -0.1) is 0 Å². The van der Waals surface area contributed by atoms with Crippen LogP contribution in [0.2, 0.25) is 5.28 Å². The van der Waals surface area contributed by atoms with Gasteiger partial charge in [-0.2, -0.15) is 15.0 Å². The van der Waals surface area contributed by atoms with Crippen molar-refractivity contribution in [2.45, 2.75) is 6.54 Å². The third-order valence-corrected chi connectivity index (χ3v) is 2.90. The highest BCUT2D eigenvalue weighted by Crippen LogP contribution is 2.27. The fraction of sp³-hybridized carbons (Fsp3) is 0.308. The van der Waals surface area contributed by atoms with Crippen molar-refractivity contribution in [1.82, 2.24) is 15.0 Å². The normalized spacial score (nSPS) is 10.1. The van der Waals surface area contributed by atoms with E-state index in [9.17, 15) is 0 Å². The van der Waals surface area contributed by atoms with Gasteiger partial charge in [-0.1, -0.05) is 6.07 Å². The van der Waals surface area contributed by atoms with Crippen molar-refractivity contribution in [2.75, 3.05) is 31.9 Å². The van der Waals surface area contributed by atoms with Gasteiger partial charge in [-0.05, 0) is 29.3 Å². The quantitative estimate of drug-likeness (QED) is 0.846. The summed E-state index contributed by atoms with van der Waals surface area (Å²) in [5.41, 5.74) is 0.996. The molecular weight excluding hydrogens is 294 g/mol. The van der Waals surface area contributed by atoms with Crippen LogP contribution in [0.3, 0.4) is 0 Å². The van der Waals surface area contributed by atoms with Gasteiger partial charge in [0.25, 0.3) is 0 Å². The van der Waals surface area contributed by atoms with Crippen LogP contribution in [0.25, 0.3) is 0 Å². The fourth-order valence-corrected chi connectivity index (χ4v) is 1.87. The number of nitrogens with one attached hydrogen (secondary N) is 2. The lowest BCUT2D eigenvalue weighted by atomic mass is 10.2. The van der Waals surface area contributed by atoms with Gasteiger partial charge in [0, 0.05) is 13.6 Å². The molecule has 0 spiro atoms. The highest BCUT2D eigenvalue weighted by Gasteiger charge is 2.06. The molecular formula is C13H16ClN5O2. The van der Waals surface area contributed by atoms with E-state index in [1.165, 1.54) is 0 Å². The lowest BCUT2D eigenvalue weighted by Gasteiger charge is -2.10. The molecule has 2 rings (SSSR count). The SMILES string of the molecule is CNc1nc(Cl)nc(NCc2ccc(OC)c(OC)c2)n1. The smallest absolute Gasteiger partial charge is 0.229 e. The van der Waals surface area contributed by atoms with Gasteiger partial charge in [0.15, 0.2) is 11.5 Å². The third kappa shape index (κ3) is 3.85. The molecule has 0 fully saturated rings. The molecule has 7 nitrogen and oxygen atoms in total. The summed E-state index contributed by atoms with van der Waals surface area (Å²) in [4.78, 5) is 12.1. The first-order valence-electron chi connectivity index (χ1n) is 6.20. The largest absolute Gasteiger partial charge is 0.493 e. The molecule has 0 amide bonds. The lowest BCUT2D eigenvalue weighted by molar-refractivity contribution is 0.354. The molecule has 0 saturated heterocycles. The van der Waals surface area contributed by atoms with Crippen LogP contribution in [0.5, 0.6) is 11.5 Å². The van der Waals surface area contributed by atoms with Gasteiger partial charge in [-0.3, -0.25) is 0 Å². The Labute approximate surface area is 127 Å². The predicted octanol–water partition coefficient (Wildman–Crippen LogP) is 2.20. The van der Waals surface area contributed by atoms with Crippen LogP contribution in [0.15, 0.2) is 18.2 Å². The van der Waals surface area contributed by atoms with Crippen molar-refractivity contribution in [1.29, 1.82) is 0 Å². The van der Waals surface area contributed by atoms with Crippen LogP contribution in [0.4, 0.5) is 11.9 Å². The first-order chi connectivity index (χ1) is 10.2.